The van der Waals surface area contributed by atoms with E-state index in [1.807, 2.05) is 6.07 Å². The van der Waals surface area contributed by atoms with Crippen molar-refractivity contribution in [3.8, 4) is 11.5 Å². The molecule has 46 heavy (non-hydrogen) atoms. The number of nitrogen functional groups attached to an aromatic ring is 1. The van der Waals surface area contributed by atoms with E-state index in [0.29, 0.717) is 87.2 Å². The number of piperazine rings is 1. The van der Waals surface area contributed by atoms with Crippen LogP contribution in [0.4, 0.5) is 20.4 Å². The van der Waals surface area contributed by atoms with Gasteiger partial charge in [0.15, 0.2) is 11.4 Å². The Hall–Kier alpha value is -4.80. The van der Waals surface area contributed by atoms with E-state index in [4.69, 9.17) is 14.9 Å². The van der Waals surface area contributed by atoms with Crippen molar-refractivity contribution in [1.82, 2.24) is 39.3 Å². The number of anilines is 2. The predicted octanol–water partition coefficient (Wildman–Crippen LogP) is 1.04. The smallest absolute Gasteiger partial charge is 0.330 e. The van der Waals surface area contributed by atoms with Crippen molar-refractivity contribution >= 4 is 34.2 Å². The fourth-order valence-electron chi connectivity index (χ4n) is 6.14. The molecule has 2 saturated heterocycles. The van der Waals surface area contributed by atoms with Gasteiger partial charge in [0.2, 0.25) is 5.95 Å². The van der Waals surface area contributed by atoms with Gasteiger partial charge in [0.1, 0.15) is 22.8 Å². The van der Waals surface area contributed by atoms with Crippen LogP contribution in [0.25, 0.3) is 28.1 Å². The fourth-order valence-corrected chi connectivity index (χ4v) is 6.14. The Morgan fingerprint density at radius 3 is 2.72 bits per heavy atom. The van der Waals surface area contributed by atoms with E-state index in [-0.39, 0.29) is 35.5 Å². The van der Waals surface area contributed by atoms with Crippen molar-refractivity contribution in [3.63, 3.8) is 0 Å². The highest BCUT2D eigenvalue weighted by atomic mass is 19.1. The SMILES string of the molecule is Cn1c(=O)n(CCN2CCN(c3cc(C(=O)NCC4COCCN4)c(F)cc3F)CC2)c2nc(N)n3nc(-c4ccco4)cc3c21. The van der Waals surface area contributed by atoms with E-state index in [1.165, 1.54) is 15.1 Å². The van der Waals surface area contributed by atoms with Gasteiger partial charge in [-0.2, -0.15) is 14.6 Å². The number of amides is 1. The van der Waals surface area contributed by atoms with Gasteiger partial charge in [-0.05, 0) is 24.3 Å². The lowest BCUT2D eigenvalue weighted by atomic mass is 10.1. The molecule has 0 radical (unpaired) electrons. The highest BCUT2D eigenvalue weighted by Crippen LogP contribution is 2.27. The number of carbonyl (C=O) groups is 1. The monoisotopic (exact) mass is 636 g/mol. The molecule has 7 rings (SSSR count). The topological polar surface area (TPSA) is 153 Å². The van der Waals surface area contributed by atoms with Crippen LogP contribution in [0.3, 0.4) is 0 Å². The minimum absolute atomic E-state index is 0.0705. The molecule has 0 bridgehead atoms. The second-order valence-electron chi connectivity index (χ2n) is 11.5. The number of aromatic nitrogens is 5. The molecule has 14 nitrogen and oxygen atoms in total. The second-order valence-corrected chi connectivity index (χ2v) is 11.5. The van der Waals surface area contributed by atoms with Crippen LogP contribution in [0, 0.1) is 11.6 Å². The lowest BCUT2D eigenvalue weighted by Crippen LogP contribution is -2.48. The van der Waals surface area contributed by atoms with Crippen LogP contribution in [0.15, 0.2) is 45.8 Å². The first kappa shape index (κ1) is 29.9. The second kappa shape index (κ2) is 12.2. The van der Waals surface area contributed by atoms with Crippen molar-refractivity contribution < 1.29 is 22.7 Å². The first-order valence-electron chi connectivity index (χ1n) is 15.1. The Morgan fingerprint density at radius 1 is 1.15 bits per heavy atom. The number of nitrogens with two attached hydrogens (primary N) is 1. The number of morpholine rings is 1. The number of nitrogens with one attached hydrogen (secondary N) is 2. The number of hydrogen-bond acceptors (Lipinski definition) is 10. The predicted molar refractivity (Wildman–Crippen MR) is 166 cm³/mol. The maximum atomic E-state index is 14.9. The number of carbonyl (C=O) groups excluding carboxylic acids is 1. The van der Waals surface area contributed by atoms with E-state index in [1.54, 1.807) is 34.9 Å². The van der Waals surface area contributed by atoms with Crippen molar-refractivity contribution in [2.75, 3.05) is 69.7 Å². The average Bonchev–Trinajstić information content (AvgIpc) is 3.80. The van der Waals surface area contributed by atoms with E-state index in [9.17, 15) is 18.4 Å². The normalized spacial score (nSPS) is 17.7. The molecule has 0 aliphatic carbocycles. The van der Waals surface area contributed by atoms with E-state index < -0.39 is 17.5 Å². The van der Waals surface area contributed by atoms with Crippen LogP contribution in [-0.2, 0) is 18.3 Å². The van der Waals surface area contributed by atoms with Crippen LogP contribution in [-0.4, -0.2) is 99.6 Å². The lowest BCUT2D eigenvalue weighted by molar-refractivity contribution is 0.0734. The third kappa shape index (κ3) is 5.48. The first-order chi connectivity index (χ1) is 22.3. The Morgan fingerprint density at radius 2 is 1.98 bits per heavy atom. The molecule has 16 heteroatoms. The van der Waals surface area contributed by atoms with Crippen molar-refractivity contribution in [2.45, 2.75) is 12.6 Å². The standard InChI is InChI=1S/C30H34F2N10O4/c1-38-26-24-15-22(25-3-2-11-46-25)37-42(24)29(33)36-27(26)41(30(38)44)10-7-39-5-8-40(9-6-39)23-13-19(20(31)14-21(23)32)28(43)35-16-18-17-45-12-4-34-18/h2-3,11,13-15,18,34H,4-10,12,16-17H2,1H3,(H2,33,36)(H,35,43). The van der Waals surface area contributed by atoms with Gasteiger partial charge >= 0.3 is 5.69 Å². The minimum atomic E-state index is -0.912. The summed E-state index contributed by atoms with van der Waals surface area (Å²) in [5.41, 5.74) is 8.25. The molecule has 0 saturated carbocycles. The number of ether oxygens (including phenoxy) is 1. The zero-order chi connectivity index (χ0) is 31.9. The van der Waals surface area contributed by atoms with Gasteiger partial charge in [0, 0.05) is 71.5 Å². The zero-order valence-electron chi connectivity index (χ0n) is 25.2. The molecule has 1 unspecified atom stereocenters. The van der Waals surface area contributed by atoms with Crippen LogP contribution in [0.5, 0.6) is 0 Å². The molecule has 6 heterocycles. The molecule has 1 amide bonds. The molecule has 1 atom stereocenters. The highest BCUT2D eigenvalue weighted by molar-refractivity contribution is 5.95. The number of fused-ring (bicyclic) bond motifs is 3. The summed E-state index contributed by atoms with van der Waals surface area (Å²) in [4.78, 5) is 34.6. The van der Waals surface area contributed by atoms with E-state index in [0.717, 1.165) is 6.07 Å². The number of aryl methyl sites for hydroxylation is 1. The molecular formula is C30H34F2N10O4. The maximum absolute atomic E-state index is 14.9. The van der Waals surface area contributed by atoms with Gasteiger partial charge in [-0.1, -0.05) is 0 Å². The average molecular weight is 637 g/mol. The minimum Gasteiger partial charge on any atom is -0.463 e. The third-order valence-corrected chi connectivity index (χ3v) is 8.63. The van der Waals surface area contributed by atoms with Crippen molar-refractivity contribution in [2.24, 2.45) is 7.05 Å². The van der Waals surface area contributed by atoms with Gasteiger partial charge in [0.05, 0.1) is 36.2 Å². The number of nitrogens with zero attached hydrogens (tertiary/aromatic N) is 7. The van der Waals surface area contributed by atoms with Gasteiger partial charge in [-0.25, -0.2) is 13.6 Å². The summed E-state index contributed by atoms with van der Waals surface area (Å²) in [7, 11) is 1.68. The van der Waals surface area contributed by atoms with Gasteiger partial charge in [0.25, 0.3) is 5.91 Å². The summed E-state index contributed by atoms with van der Waals surface area (Å²) < 4.78 is 45.1. The molecule has 4 aromatic heterocycles. The lowest BCUT2D eigenvalue weighted by Gasteiger charge is -2.36. The van der Waals surface area contributed by atoms with Crippen molar-refractivity contribution in [1.29, 1.82) is 0 Å². The van der Waals surface area contributed by atoms with E-state index >= 15 is 0 Å². The summed E-state index contributed by atoms with van der Waals surface area (Å²) >= 11 is 0. The largest absolute Gasteiger partial charge is 0.463 e. The number of benzene rings is 1. The van der Waals surface area contributed by atoms with E-state index in [2.05, 4.69) is 25.6 Å². The Bertz CT molecular complexity index is 1950. The van der Waals surface area contributed by atoms with Gasteiger partial charge < -0.3 is 30.4 Å². The van der Waals surface area contributed by atoms with Gasteiger partial charge in [-0.3, -0.25) is 18.8 Å². The highest BCUT2D eigenvalue weighted by Gasteiger charge is 2.25. The summed E-state index contributed by atoms with van der Waals surface area (Å²) in [6.07, 6.45) is 1.56. The quantitative estimate of drug-likeness (QED) is 0.225. The number of furan rings is 1. The zero-order valence-corrected chi connectivity index (χ0v) is 25.2. The number of rotatable bonds is 8. The summed E-state index contributed by atoms with van der Waals surface area (Å²) in [5.74, 6) is -1.53. The Labute approximate surface area is 261 Å². The van der Waals surface area contributed by atoms with Crippen LogP contribution in [0.1, 0.15) is 10.4 Å². The maximum Gasteiger partial charge on any atom is 0.330 e. The summed E-state index contributed by atoms with van der Waals surface area (Å²) in [6.45, 7) is 4.93. The van der Waals surface area contributed by atoms with Crippen LogP contribution < -0.4 is 27.0 Å². The third-order valence-electron chi connectivity index (χ3n) is 8.63. The first-order valence-corrected chi connectivity index (χ1v) is 15.1. The van der Waals surface area contributed by atoms with Gasteiger partial charge in [-0.15, -0.1) is 0 Å². The molecule has 2 aliphatic heterocycles. The molecule has 5 aromatic rings. The Balaban J connectivity index is 1.03. The molecule has 1 aromatic carbocycles. The molecule has 0 spiro atoms. The summed E-state index contributed by atoms with van der Waals surface area (Å²) in [5, 5.41) is 10.5. The fraction of sp³-hybridized carbons (Fsp3) is 0.400. The molecule has 242 valence electrons. The molecule has 2 fully saturated rings. The summed E-state index contributed by atoms with van der Waals surface area (Å²) in [6, 6.07) is 7.34. The van der Waals surface area contributed by atoms with Crippen molar-refractivity contribution in [3.05, 3.63) is 64.3 Å². The molecular weight excluding hydrogens is 602 g/mol. The Kier molecular flexibility index (Phi) is 7.92. The number of halogens is 2. The number of hydrogen-bond donors (Lipinski definition) is 3. The van der Waals surface area contributed by atoms with Crippen LogP contribution in [0.2, 0.25) is 0 Å². The molecule has 2 aliphatic rings. The molecule has 4 N–H and O–H groups in total. The van der Waals surface area contributed by atoms with Crippen LogP contribution >= 0.6 is 0 Å². The number of imidazole rings is 1.